The molecule has 1 atom stereocenters. The molecule has 1 saturated heterocycles. The first-order valence-electron chi connectivity index (χ1n) is 11.7. The average Bonchev–Trinajstić information content (AvgIpc) is 3.43. The number of aliphatic hydroxyl groups is 1. The number of aromatic hydroxyl groups is 1. The molecule has 0 radical (unpaired) electrons. The van der Waals surface area contributed by atoms with Crippen molar-refractivity contribution < 1.29 is 14.6 Å². The second-order valence-corrected chi connectivity index (χ2v) is 9.64. The first kappa shape index (κ1) is 24.1. The maximum atomic E-state index is 14.8. The second-order valence-electron chi connectivity index (χ2n) is 9.23. The number of β-amino-alcohol motifs (C(OH)–C–C–N with tert-alkyl or cyclic N) is 1. The summed E-state index contributed by atoms with van der Waals surface area (Å²) in [4.78, 5) is 18.7. The highest BCUT2D eigenvalue weighted by molar-refractivity contribution is 6.32. The molecule has 0 saturated carbocycles. The predicted molar refractivity (Wildman–Crippen MR) is 138 cm³/mol. The molecule has 2 aromatic carbocycles. The van der Waals surface area contributed by atoms with Gasteiger partial charge in [0.1, 0.15) is 17.4 Å². The van der Waals surface area contributed by atoms with E-state index in [1.165, 1.54) is 21.3 Å². The molecule has 1 aliphatic heterocycles. The number of aromatic nitrogens is 3. The fraction of sp³-hybridized carbons (Fsp3) is 0.259. The van der Waals surface area contributed by atoms with Crippen LogP contribution in [-0.2, 0) is 7.05 Å². The highest BCUT2D eigenvalue weighted by Crippen LogP contribution is 2.41. The molecule has 4 aromatic rings. The van der Waals surface area contributed by atoms with E-state index in [1.54, 1.807) is 56.0 Å². The number of nitrogens with zero attached hydrogens (tertiary/aromatic N) is 4. The van der Waals surface area contributed by atoms with Crippen molar-refractivity contribution in [1.29, 1.82) is 0 Å². The number of rotatable bonds is 5. The van der Waals surface area contributed by atoms with Gasteiger partial charge in [-0.2, -0.15) is 0 Å². The number of anilines is 1. The van der Waals surface area contributed by atoms with Crippen molar-refractivity contribution in [2.75, 3.05) is 18.0 Å². The Labute approximate surface area is 212 Å². The van der Waals surface area contributed by atoms with E-state index in [2.05, 4.69) is 4.98 Å². The Morgan fingerprint density at radius 3 is 2.44 bits per heavy atom. The lowest BCUT2D eigenvalue weighted by atomic mass is 9.97. The third kappa shape index (κ3) is 4.27. The summed E-state index contributed by atoms with van der Waals surface area (Å²) in [6.07, 6.45) is 6.16. The highest BCUT2D eigenvalue weighted by atomic mass is 35.5. The molecule has 3 heterocycles. The zero-order chi connectivity index (χ0) is 25.6. The zero-order valence-corrected chi connectivity index (χ0v) is 20.7. The van der Waals surface area contributed by atoms with Crippen molar-refractivity contribution in [1.82, 2.24) is 14.1 Å². The zero-order valence-electron chi connectivity index (χ0n) is 19.9. The number of halogens is 2. The van der Waals surface area contributed by atoms with Crippen molar-refractivity contribution in [2.24, 2.45) is 7.05 Å². The Hall–Kier alpha value is -3.62. The molecule has 0 amide bonds. The molecular weight excluding hydrogens is 483 g/mol. The molecule has 186 valence electrons. The minimum atomic E-state index is -0.748. The molecule has 0 spiro atoms. The summed E-state index contributed by atoms with van der Waals surface area (Å²) in [6.45, 7) is 3.09. The maximum Gasteiger partial charge on any atom is 0.332 e. The van der Waals surface area contributed by atoms with Crippen molar-refractivity contribution in [2.45, 2.75) is 25.4 Å². The van der Waals surface area contributed by atoms with Gasteiger partial charge >= 0.3 is 5.69 Å². The topological polar surface area (TPSA) is 83.5 Å². The molecule has 9 heteroatoms. The Bertz CT molecular complexity index is 1520. The van der Waals surface area contributed by atoms with E-state index in [9.17, 15) is 19.4 Å². The van der Waals surface area contributed by atoms with Crippen LogP contribution >= 0.6 is 11.6 Å². The molecule has 0 bridgehead atoms. The van der Waals surface area contributed by atoms with Crippen LogP contribution in [0.3, 0.4) is 0 Å². The Kier molecular flexibility index (Phi) is 6.10. The van der Waals surface area contributed by atoms with Gasteiger partial charge in [-0.15, -0.1) is 0 Å². The molecule has 1 aliphatic rings. The summed E-state index contributed by atoms with van der Waals surface area (Å²) < 4.78 is 17.6. The van der Waals surface area contributed by atoms with E-state index < -0.39 is 11.4 Å². The number of hydrogen-bond donors (Lipinski definition) is 2. The molecule has 1 fully saturated rings. The monoisotopic (exact) mass is 508 g/mol. The van der Waals surface area contributed by atoms with Crippen LogP contribution < -0.4 is 10.6 Å². The van der Waals surface area contributed by atoms with Gasteiger partial charge in [0.15, 0.2) is 0 Å². The van der Waals surface area contributed by atoms with E-state index in [1.807, 2.05) is 11.8 Å². The lowest BCUT2D eigenvalue weighted by molar-refractivity contribution is 0.0593. The molecule has 0 unspecified atom stereocenters. The lowest BCUT2D eigenvalue weighted by Crippen LogP contribution is -2.32. The Morgan fingerprint density at radius 2 is 1.83 bits per heavy atom. The van der Waals surface area contributed by atoms with Crippen molar-refractivity contribution in [3.8, 4) is 33.7 Å². The van der Waals surface area contributed by atoms with Crippen LogP contribution in [0, 0.1) is 5.82 Å². The van der Waals surface area contributed by atoms with Crippen LogP contribution in [-0.4, -0.2) is 43.0 Å². The molecule has 7 nitrogen and oxygen atoms in total. The Balaban J connectivity index is 1.53. The lowest BCUT2D eigenvalue weighted by Gasteiger charge is -2.22. The standard InChI is InChI=1S/C27H26ClFN4O3/c1-3-27(36)7-9-32(16-27)24-13-18(6-8-30-24)21-15-19(29)14-20(25(21)34)17-4-5-23(22(28)12-17)33-11-10-31(2)26(33)35/h4-6,8,10-15,34,36H,3,7,9,16H2,1-2H3/t27-/m0/s1. The summed E-state index contributed by atoms with van der Waals surface area (Å²) in [7, 11) is 1.64. The number of hydrogen-bond acceptors (Lipinski definition) is 5. The normalized spacial score (nSPS) is 17.6. The van der Waals surface area contributed by atoms with Gasteiger partial charge in [-0.05, 0) is 60.4 Å². The largest absolute Gasteiger partial charge is 0.507 e. The number of phenolic OH excluding ortho intramolecular Hbond substituents is 1. The van der Waals surface area contributed by atoms with Crippen molar-refractivity contribution >= 4 is 17.4 Å². The smallest absolute Gasteiger partial charge is 0.332 e. The first-order chi connectivity index (χ1) is 17.2. The van der Waals surface area contributed by atoms with E-state index in [0.717, 1.165) is 0 Å². The van der Waals surface area contributed by atoms with Crippen molar-refractivity contribution in [3.63, 3.8) is 0 Å². The quantitative estimate of drug-likeness (QED) is 0.406. The number of imidazole rings is 1. The number of benzene rings is 2. The number of pyridine rings is 1. The third-order valence-electron chi connectivity index (χ3n) is 6.91. The van der Waals surface area contributed by atoms with Gasteiger partial charge in [-0.1, -0.05) is 24.6 Å². The van der Waals surface area contributed by atoms with Gasteiger partial charge in [0.2, 0.25) is 0 Å². The van der Waals surface area contributed by atoms with Gasteiger partial charge < -0.3 is 19.7 Å². The minimum absolute atomic E-state index is 0.0965. The van der Waals surface area contributed by atoms with Gasteiger partial charge in [0, 0.05) is 49.9 Å². The van der Waals surface area contributed by atoms with Gasteiger partial charge in [-0.3, -0.25) is 4.57 Å². The summed E-state index contributed by atoms with van der Waals surface area (Å²) >= 11 is 6.49. The fourth-order valence-electron chi connectivity index (χ4n) is 4.66. The van der Waals surface area contributed by atoms with E-state index in [0.29, 0.717) is 54.1 Å². The van der Waals surface area contributed by atoms with E-state index >= 15 is 0 Å². The van der Waals surface area contributed by atoms with Crippen molar-refractivity contribution in [3.05, 3.63) is 82.4 Å². The maximum absolute atomic E-state index is 14.8. The van der Waals surface area contributed by atoms with Crippen LogP contribution in [0.15, 0.2) is 65.8 Å². The van der Waals surface area contributed by atoms with E-state index in [-0.39, 0.29) is 22.0 Å². The van der Waals surface area contributed by atoms with Crippen LogP contribution in [0.25, 0.3) is 27.9 Å². The average molecular weight is 509 g/mol. The second kappa shape index (κ2) is 9.11. The first-order valence-corrected chi connectivity index (χ1v) is 12.1. The number of aryl methyl sites for hydroxylation is 1. The van der Waals surface area contributed by atoms with Gasteiger partial charge in [0.05, 0.1) is 16.3 Å². The minimum Gasteiger partial charge on any atom is -0.507 e. The van der Waals surface area contributed by atoms with Crippen LogP contribution in [0.2, 0.25) is 5.02 Å². The van der Waals surface area contributed by atoms with Gasteiger partial charge in [0.25, 0.3) is 0 Å². The summed E-state index contributed by atoms with van der Waals surface area (Å²) in [5.41, 5.74) is 1.19. The number of phenols is 1. The molecule has 0 aliphatic carbocycles. The van der Waals surface area contributed by atoms with Gasteiger partial charge in [-0.25, -0.2) is 14.2 Å². The molecular formula is C27H26ClFN4O3. The molecule has 2 aromatic heterocycles. The third-order valence-corrected chi connectivity index (χ3v) is 7.21. The SMILES string of the molecule is CC[C@]1(O)CCN(c2cc(-c3cc(F)cc(-c4ccc(-n5ccn(C)c5=O)c(Cl)c4)c3O)ccn2)C1. The highest BCUT2D eigenvalue weighted by Gasteiger charge is 2.35. The summed E-state index contributed by atoms with van der Waals surface area (Å²) in [5, 5.41) is 22.1. The predicted octanol–water partition coefficient (Wildman–Crippen LogP) is 4.75. The molecule has 2 N–H and O–H groups in total. The van der Waals surface area contributed by atoms with Crippen LogP contribution in [0.4, 0.5) is 10.2 Å². The molecule has 5 rings (SSSR count). The van der Waals surface area contributed by atoms with E-state index in [4.69, 9.17) is 11.6 Å². The molecule has 36 heavy (non-hydrogen) atoms. The summed E-state index contributed by atoms with van der Waals surface area (Å²) in [6, 6.07) is 11.0. The Morgan fingerprint density at radius 1 is 1.11 bits per heavy atom. The summed E-state index contributed by atoms with van der Waals surface area (Å²) in [5.74, 6) is 0.0423. The van der Waals surface area contributed by atoms with Crippen LogP contribution in [0.1, 0.15) is 19.8 Å². The van der Waals surface area contributed by atoms with Crippen LogP contribution in [0.5, 0.6) is 5.75 Å². The fourth-order valence-corrected chi connectivity index (χ4v) is 4.93.